The topological polar surface area (TPSA) is 407 Å². The minimum atomic E-state index is -1.21. The minimum absolute atomic E-state index is 0.00676. The van der Waals surface area contributed by atoms with Gasteiger partial charge in [0, 0.05) is 30.1 Å². The molecule has 17 fully saturated rings. The number of aliphatic hydroxyl groups is 2. The van der Waals surface area contributed by atoms with Gasteiger partial charge in [0.15, 0.2) is 6.29 Å². The van der Waals surface area contributed by atoms with Crippen LogP contribution in [0.15, 0.2) is 146 Å². The molecule has 0 amide bonds. The first-order valence-corrected chi connectivity index (χ1v) is 50.9. The summed E-state index contributed by atoms with van der Waals surface area (Å²) in [6.45, 7) is 34.9. The standard InChI is InChI=1S/C38H40O6.C17H28O10.C13H16O3.C12H14O4.C10H18O5.C9H16O4.C8H14O4/c1-37(2,27-8-14-31(15-9-27)39-20-34-23-42-34)26-4-6-28(7-5-26)38(3,29-10-16-32(17-11-29)40-21-35-24-43-35)30-12-18-33(19-13-30)41-22-36-25-44-36;18-14(9-20-1-10-2-21-10)16(25-6-11-3-22-11)15(19)17(26-7-12-4-23-12)27-8-13-5-24-13;1-2-10(1)7-14-11-3-5-12(6-4-11)15-8-13-9-16-13;1-2-9(13-5-11-7-15-11)4-10(3-1)14-6-12-8-16-12;1(3-12-5-9-7-14-9)11-2-4-13-6-10-8-15-10;1(2-10-4-8-6-12-8)3-11-5-9-7-13-9;1(9-3-7-5-11-7)2-10-4-8-6-12-8/h4-19,34-36H,20-25H2,1-3H3;10-19H,1-9H2;3-6,10,13H,1-2,7-9H2;1-4,11-12H,5-8H2;9-10H,1-8H2;8-9H,1-7H2;7-8H,1-6H2. The van der Waals surface area contributed by atoms with Gasteiger partial charge in [0.2, 0.25) is 0 Å². The number of hydrogen-bond acceptors (Lipinski definition) is 36. The SMILES string of the molecule is C(COCC1CO1)COCC1CO1.C(COCC1CO1)OCC1CO1.C(COCC1CO1)OCCOCC1CO1.CC(C)(c1ccc(OCC2CO2)cc1)c1ccc(C(C)(c2ccc(OCC3CO3)cc2)c2ccc(OCC3CO3)cc2)cc1.OC(COCC1CO1)C(OCC1CO1)C(O)C(OCC1CO1)OCC1CO1.c1cc(OCC2CO2)cc(OCC2CO2)c1.c1cc(OCC2CO2)ccc1OCC1CC1. The Morgan fingerprint density at radius 1 is 0.252 bits per heavy atom. The molecule has 23 rings (SSSR count). The van der Waals surface area contributed by atoms with Crippen molar-refractivity contribution in [2.75, 3.05) is 277 Å². The van der Waals surface area contributed by atoms with E-state index in [0.717, 1.165) is 165 Å². The summed E-state index contributed by atoms with van der Waals surface area (Å²) in [7, 11) is 0. The summed E-state index contributed by atoms with van der Waals surface area (Å²) in [6.07, 6.45) is 3.27. The Morgan fingerprint density at radius 3 is 0.783 bits per heavy atom. The highest BCUT2D eigenvalue weighted by molar-refractivity contribution is 5.53. The third-order valence-electron chi connectivity index (χ3n) is 25.0. The number of rotatable bonds is 67. The number of hydrogen-bond donors (Lipinski definition) is 2. The maximum absolute atomic E-state index is 10.8. The molecule has 36 heteroatoms. The molecule has 19 atom stereocenters. The summed E-state index contributed by atoms with van der Waals surface area (Å²) in [5.74, 6) is 6.84. The van der Waals surface area contributed by atoms with Gasteiger partial charge in [-0.1, -0.05) is 80.6 Å². The molecule has 143 heavy (non-hydrogen) atoms. The maximum Gasteiger partial charge on any atom is 0.186 e. The van der Waals surface area contributed by atoms with E-state index in [1.165, 1.54) is 40.7 Å². The average molecular weight is 2010 g/mol. The molecular weight excluding hydrogens is 1860 g/mol. The lowest BCUT2D eigenvalue weighted by Crippen LogP contribution is -2.50. The smallest absolute Gasteiger partial charge is 0.186 e. The highest BCUT2D eigenvalue weighted by atomic mass is 16.7. The molecule has 1 aliphatic carbocycles. The predicted octanol–water partition coefficient (Wildman–Crippen LogP) is 8.12. The molecule has 16 aliphatic heterocycles. The third kappa shape index (κ3) is 43.8. The number of benzene rings is 6. The summed E-state index contributed by atoms with van der Waals surface area (Å²) < 4.78 is 181. The van der Waals surface area contributed by atoms with Gasteiger partial charge in [0.1, 0.15) is 196 Å². The van der Waals surface area contributed by atoms with E-state index >= 15 is 0 Å². The monoisotopic (exact) mass is 2010 g/mol. The Morgan fingerprint density at radius 2 is 0.483 bits per heavy atom. The van der Waals surface area contributed by atoms with Crippen LogP contribution >= 0.6 is 0 Å². The van der Waals surface area contributed by atoms with Crippen molar-refractivity contribution in [1.29, 1.82) is 0 Å². The van der Waals surface area contributed by atoms with Crippen LogP contribution in [0.3, 0.4) is 0 Å². The fraction of sp³-hybridized carbons (Fsp3) is 0.664. The fourth-order valence-electron chi connectivity index (χ4n) is 14.1. The lowest BCUT2D eigenvalue weighted by molar-refractivity contribution is -0.239. The Bertz CT molecular complexity index is 4310. The largest absolute Gasteiger partial charge is 0.493 e. The first-order chi connectivity index (χ1) is 70.2. The zero-order valence-corrected chi connectivity index (χ0v) is 82.6. The van der Waals surface area contributed by atoms with Crippen LogP contribution in [0.1, 0.15) is 67.9 Å². The van der Waals surface area contributed by atoms with Crippen molar-refractivity contribution in [1.82, 2.24) is 0 Å². The van der Waals surface area contributed by atoms with Crippen LogP contribution in [0.2, 0.25) is 0 Å². The number of ether oxygens (including phenoxy) is 34. The van der Waals surface area contributed by atoms with Crippen LogP contribution in [-0.4, -0.2) is 410 Å². The summed E-state index contributed by atoms with van der Waals surface area (Å²) in [5, 5.41) is 21.3. The van der Waals surface area contributed by atoms with Crippen LogP contribution in [0.25, 0.3) is 0 Å². The molecule has 19 unspecified atom stereocenters. The Kier molecular flexibility index (Phi) is 42.2. The zero-order chi connectivity index (χ0) is 97.9. The van der Waals surface area contributed by atoms with Gasteiger partial charge < -0.3 is 171 Å². The van der Waals surface area contributed by atoms with E-state index in [1.54, 1.807) is 0 Å². The molecule has 2 N–H and O–H groups in total. The van der Waals surface area contributed by atoms with Crippen molar-refractivity contribution in [3.63, 3.8) is 0 Å². The van der Waals surface area contributed by atoms with Crippen LogP contribution in [0.4, 0.5) is 0 Å². The van der Waals surface area contributed by atoms with E-state index in [1.807, 2.05) is 48.5 Å². The molecule has 36 nitrogen and oxygen atoms in total. The van der Waals surface area contributed by atoms with Crippen molar-refractivity contribution in [3.8, 4) is 40.2 Å². The van der Waals surface area contributed by atoms with Gasteiger partial charge in [-0.25, -0.2) is 0 Å². The normalized spacial score (nSPS) is 27.2. The fourth-order valence-corrected chi connectivity index (χ4v) is 14.1. The lowest BCUT2D eigenvalue weighted by Gasteiger charge is -2.33. The van der Waals surface area contributed by atoms with Crippen molar-refractivity contribution < 1.29 is 171 Å². The molecule has 0 aromatic heterocycles. The Balaban J connectivity index is 0.000000122. The van der Waals surface area contributed by atoms with Gasteiger partial charge in [-0.3, -0.25) is 0 Å². The van der Waals surface area contributed by atoms with E-state index in [0.29, 0.717) is 195 Å². The number of aliphatic hydroxyl groups excluding tert-OH is 2. The van der Waals surface area contributed by atoms with E-state index in [-0.39, 0.29) is 73.6 Å². The molecule has 6 aromatic carbocycles. The number of epoxide rings is 16. The van der Waals surface area contributed by atoms with Crippen LogP contribution in [-0.2, 0) is 139 Å². The van der Waals surface area contributed by atoms with Gasteiger partial charge in [0.05, 0.1) is 225 Å². The molecule has 16 heterocycles. The molecule has 1 saturated carbocycles. The molecule has 17 aliphatic rings. The third-order valence-corrected chi connectivity index (χ3v) is 25.0. The van der Waals surface area contributed by atoms with Gasteiger partial charge in [-0.05, 0) is 133 Å². The van der Waals surface area contributed by atoms with Gasteiger partial charge in [-0.2, -0.15) is 0 Å². The summed E-state index contributed by atoms with van der Waals surface area (Å²) in [5.41, 5.74) is 5.50. The molecule has 0 radical (unpaired) electrons. The molecule has 6 aromatic rings. The van der Waals surface area contributed by atoms with Crippen molar-refractivity contribution in [2.45, 2.75) is 173 Å². The van der Waals surface area contributed by atoms with Crippen LogP contribution in [0.5, 0.6) is 40.2 Å². The van der Waals surface area contributed by atoms with Crippen molar-refractivity contribution >= 4 is 0 Å². The van der Waals surface area contributed by atoms with Crippen molar-refractivity contribution in [2.24, 2.45) is 5.92 Å². The maximum atomic E-state index is 10.8. The predicted molar refractivity (Wildman–Crippen MR) is 512 cm³/mol. The van der Waals surface area contributed by atoms with E-state index in [9.17, 15) is 10.2 Å². The second kappa shape index (κ2) is 56.4. The molecular formula is C107H146O36. The highest BCUT2D eigenvalue weighted by Gasteiger charge is 2.42. The van der Waals surface area contributed by atoms with E-state index in [2.05, 4.69) is 118 Å². The summed E-state index contributed by atoms with van der Waals surface area (Å²) in [4.78, 5) is 0. The van der Waals surface area contributed by atoms with Gasteiger partial charge in [-0.15, -0.1) is 0 Å². The van der Waals surface area contributed by atoms with E-state index < -0.39 is 30.0 Å². The first kappa shape index (κ1) is 107. The molecule has 0 bridgehead atoms. The quantitative estimate of drug-likeness (QED) is 0.0157. The van der Waals surface area contributed by atoms with Gasteiger partial charge >= 0.3 is 0 Å². The lowest BCUT2D eigenvalue weighted by atomic mass is 9.70. The van der Waals surface area contributed by atoms with Crippen molar-refractivity contribution in [3.05, 3.63) is 173 Å². The Labute approximate surface area is 837 Å². The summed E-state index contributed by atoms with van der Waals surface area (Å²) >= 11 is 0. The highest BCUT2D eigenvalue weighted by Crippen LogP contribution is 2.43. The Hall–Kier alpha value is -7.24. The average Bonchev–Trinajstić information content (AvgIpc) is 1.13. The van der Waals surface area contributed by atoms with Crippen LogP contribution < -0.4 is 33.2 Å². The second-order valence-electron chi connectivity index (χ2n) is 38.6. The van der Waals surface area contributed by atoms with Gasteiger partial charge in [0.25, 0.3) is 0 Å². The minimum Gasteiger partial charge on any atom is -0.493 e. The molecule has 790 valence electrons. The van der Waals surface area contributed by atoms with Crippen LogP contribution in [0, 0.1) is 5.92 Å². The summed E-state index contributed by atoms with van der Waals surface area (Å²) in [6, 6.07) is 49.9. The molecule has 16 saturated heterocycles. The van der Waals surface area contributed by atoms with E-state index in [4.69, 9.17) is 161 Å². The molecule has 0 spiro atoms. The first-order valence-electron chi connectivity index (χ1n) is 50.9. The zero-order valence-electron chi connectivity index (χ0n) is 82.6. The second-order valence-corrected chi connectivity index (χ2v) is 38.6.